The Morgan fingerprint density at radius 3 is 2.50 bits per heavy atom. The summed E-state index contributed by atoms with van der Waals surface area (Å²) in [7, 11) is 0. The zero-order valence-corrected chi connectivity index (χ0v) is 13.0. The van der Waals surface area contributed by atoms with Crippen LogP contribution in [-0.2, 0) is 16.6 Å². The molecule has 1 amide bonds. The van der Waals surface area contributed by atoms with Crippen LogP contribution in [0.4, 0.5) is 5.69 Å². The molecule has 1 aromatic carbocycles. The Hall–Kier alpha value is -1.68. The van der Waals surface area contributed by atoms with E-state index in [1.165, 1.54) is 5.56 Å². The summed E-state index contributed by atoms with van der Waals surface area (Å²) in [6, 6.07) is 8.06. The van der Waals surface area contributed by atoms with Crippen molar-refractivity contribution in [2.24, 2.45) is 0 Å². The van der Waals surface area contributed by atoms with Gasteiger partial charge in [-0.2, -0.15) is 0 Å². The molecule has 2 rings (SSSR count). The summed E-state index contributed by atoms with van der Waals surface area (Å²) >= 11 is 1.58. The van der Waals surface area contributed by atoms with Crippen molar-refractivity contribution in [3.8, 4) is 0 Å². The first-order chi connectivity index (χ1) is 9.45. The van der Waals surface area contributed by atoms with Crippen LogP contribution in [0.3, 0.4) is 0 Å². The first-order valence-corrected chi connectivity index (χ1v) is 7.61. The summed E-state index contributed by atoms with van der Waals surface area (Å²) in [5.74, 6) is 0.0434. The highest BCUT2D eigenvalue weighted by atomic mass is 32.1. The third-order valence-electron chi connectivity index (χ3n) is 3.12. The summed E-state index contributed by atoms with van der Waals surface area (Å²) in [6.45, 7) is 6.53. The van der Waals surface area contributed by atoms with E-state index >= 15 is 0 Å². The molecular weight excluding hydrogens is 268 g/mol. The third kappa shape index (κ3) is 4.17. The van der Waals surface area contributed by atoms with Gasteiger partial charge in [0.1, 0.15) is 0 Å². The molecule has 1 heterocycles. The Kier molecular flexibility index (Phi) is 4.55. The first-order valence-electron chi connectivity index (χ1n) is 6.73. The van der Waals surface area contributed by atoms with E-state index in [2.05, 4.69) is 43.2 Å². The highest BCUT2D eigenvalue weighted by Crippen LogP contribution is 2.23. The number of amides is 1. The van der Waals surface area contributed by atoms with E-state index in [1.54, 1.807) is 16.8 Å². The van der Waals surface area contributed by atoms with Crippen molar-refractivity contribution >= 4 is 22.9 Å². The quantitative estimate of drug-likeness (QED) is 0.923. The predicted octanol–water partition coefficient (Wildman–Crippen LogP) is 4.01. The molecule has 0 fully saturated rings. The number of carbonyl (C=O) groups is 1. The van der Waals surface area contributed by atoms with Gasteiger partial charge < -0.3 is 5.32 Å². The average Bonchev–Trinajstić information content (AvgIpc) is 2.89. The number of hydrogen-bond donors (Lipinski definition) is 1. The summed E-state index contributed by atoms with van der Waals surface area (Å²) in [6.07, 6.45) is 3.05. The van der Waals surface area contributed by atoms with Crippen LogP contribution in [0.1, 0.15) is 37.6 Å². The second kappa shape index (κ2) is 6.18. The van der Waals surface area contributed by atoms with E-state index in [9.17, 15) is 4.79 Å². The van der Waals surface area contributed by atoms with Gasteiger partial charge in [0.15, 0.2) is 0 Å². The molecule has 3 nitrogen and oxygen atoms in total. The molecule has 106 valence electrons. The van der Waals surface area contributed by atoms with E-state index in [0.29, 0.717) is 6.42 Å². The van der Waals surface area contributed by atoms with Gasteiger partial charge in [-0.05, 0) is 29.5 Å². The second-order valence-corrected chi connectivity index (χ2v) is 6.81. The fraction of sp³-hybridized carbons (Fsp3) is 0.375. The maximum Gasteiger partial charge on any atom is 0.224 e. The lowest BCUT2D eigenvalue weighted by Gasteiger charge is -2.19. The molecular formula is C16H20N2OS. The van der Waals surface area contributed by atoms with Crippen LogP contribution in [0.2, 0.25) is 0 Å². The van der Waals surface area contributed by atoms with Gasteiger partial charge in [0.25, 0.3) is 0 Å². The number of thiazole rings is 1. The number of aryl methyl sites for hydroxylation is 1. The maximum atomic E-state index is 11.9. The number of nitrogens with one attached hydrogen (secondary N) is 1. The Morgan fingerprint density at radius 1 is 1.25 bits per heavy atom. The number of carbonyl (C=O) groups excluding carboxylic acids is 1. The molecule has 1 N–H and O–H groups in total. The van der Waals surface area contributed by atoms with E-state index in [-0.39, 0.29) is 11.3 Å². The van der Waals surface area contributed by atoms with Crippen molar-refractivity contribution in [2.75, 3.05) is 5.32 Å². The molecule has 0 aliphatic heterocycles. The van der Waals surface area contributed by atoms with Crippen molar-refractivity contribution in [1.82, 2.24) is 4.98 Å². The summed E-state index contributed by atoms with van der Waals surface area (Å²) < 4.78 is 0. The molecule has 0 radical (unpaired) electrons. The lowest BCUT2D eigenvalue weighted by Crippen LogP contribution is -2.13. The minimum absolute atomic E-state index is 0.0434. The SMILES string of the molecule is CC(C)(C)c1ccc(NC(=O)CCc2cncs2)cc1. The van der Waals surface area contributed by atoms with Crippen molar-refractivity contribution in [3.63, 3.8) is 0 Å². The Labute approximate surface area is 124 Å². The standard InChI is InChI=1S/C16H20N2OS/c1-16(2,3)12-4-6-13(7-5-12)18-15(19)9-8-14-10-17-11-20-14/h4-7,10-11H,8-9H2,1-3H3,(H,18,19). The highest BCUT2D eigenvalue weighted by molar-refractivity contribution is 7.09. The molecule has 0 saturated carbocycles. The largest absolute Gasteiger partial charge is 0.326 e. The first kappa shape index (κ1) is 14.7. The molecule has 0 spiro atoms. The van der Waals surface area contributed by atoms with Gasteiger partial charge in [-0.1, -0.05) is 32.9 Å². The molecule has 0 saturated heterocycles. The van der Waals surface area contributed by atoms with Gasteiger partial charge >= 0.3 is 0 Å². The van der Waals surface area contributed by atoms with Crippen LogP contribution >= 0.6 is 11.3 Å². The second-order valence-electron chi connectivity index (χ2n) is 5.84. The summed E-state index contributed by atoms with van der Waals surface area (Å²) in [4.78, 5) is 17.0. The van der Waals surface area contributed by atoms with Crippen LogP contribution in [-0.4, -0.2) is 10.9 Å². The topological polar surface area (TPSA) is 42.0 Å². The van der Waals surface area contributed by atoms with Crippen molar-refractivity contribution in [2.45, 2.75) is 39.0 Å². The zero-order valence-electron chi connectivity index (χ0n) is 12.1. The third-order valence-corrected chi connectivity index (χ3v) is 3.96. The summed E-state index contributed by atoms with van der Waals surface area (Å²) in [5, 5.41) is 2.93. The summed E-state index contributed by atoms with van der Waals surface area (Å²) in [5.41, 5.74) is 4.04. The molecule has 1 aromatic heterocycles. The Bertz CT molecular complexity index is 553. The Balaban J connectivity index is 1.88. The highest BCUT2D eigenvalue weighted by Gasteiger charge is 2.13. The number of anilines is 1. The van der Waals surface area contributed by atoms with Crippen molar-refractivity contribution < 1.29 is 4.79 Å². The molecule has 2 aromatic rings. The number of nitrogens with zero attached hydrogens (tertiary/aromatic N) is 1. The van der Waals surface area contributed by atoms with Crippen LogP contribution in [0.15, 0.2) is 36.0 Å². The number of aromatic nitrogens is 1. The average molecular weight is 288 g/mol. The van der Waals surface area contributed by atoms with E-state index in [4.69, 9.17) is 0 Å². The normalized spacial score (nSPS) is 11.3. The fourth-order valence-corrected chi connectivity index (χ4v) is 2.48. The van der Waals surface area contributed by atoms with Gasteiger partial charge in [-0.25, -0.2) is 0 Å². The van der Waals surface area contributed by atoms with E-state index in [0.717, 1.165) is 17.0 Å². The van der Waals surface area contributed by atoms with Crippen molar-refractivity contribution in [1.29, 1.82) is 0 Å². The van der Waals surface area contributed by atoms with Crippen molar-refractivity contribution in [3.05, 3.63) is 46.4 Å². The molecule has 20 heavy (non-hydrogen) atoms. The number of hydrogen-bond acceptors (Lipinski definition) is 3. The van der Waals surface area contributed by atoms with E-state index in [1.807, 2.05) is 18.3 Å². The minimum atomic E-state index is 0.0434. The van der Waals surface area contributed by atoms with Gasteiger partial charge in [0.2, 0.25) is 5.91 Å². The molecule has 0 bridgehead atoms. The zero-order chi connectivity index (χ0) is 14.6. The molecule has 0 aliphatic carbocycles. The van der Waals surface area contributed by atoms with Gasteiger partial charge in [0, 0.05) is 23.2 Å². The van der Waals surface area contributed by atoms with Crippen LogP contribution < -0.4 is 5.32 Å². The lowest BCUT2D eigenvalue weighted by molar-refractivity contribution is -0.116. The molecule has 0 unspecified atom stereocenters. The number of benzene rings is 1. The molecule has 0 aliphatic rings. The molecule has 0 atom stereocenters. The maximum absolute atomic E-state index is 11.9. The molecule has 4 heteroatoms. The predicted molar refractivity (Wildman–Crippen MR) is 84.2 cm³/mol. The Morgan fingerprint density at radius 2 is 1.95 bits per heavy atom. The van der Waals surface area contributed by atoms with Gasteiger partial charge in [-0.3, -0.25) is 9.78 Å². The monoisotopic (exact) mass is 288 g/mol. The van der Waals surface area contributed by atoms with Gasteiger partial charge in [0.05, 0.1) is 5.51 Å². The van der Waals surface area contributed by atoms with Crippen LogP contribution in [0, 0.1) is 0 Å². The van der Waals surface area contributed by atoms with Crippen LogP contribution in [0.5, 0.6) is 0 Å². The fourth-order valence-electron chi connectivity index (χ4n) is 1.88. The van der Waals surface area contributed by atoms with Crippen LogP contribution in [0.25, 0.3) is 0 Å². The van der Waals surface area contributed by atoms with E-state index < -0.39 is 0 Å². The van der Waals surface area contributed by atoms with Gasteiger partial charge in [-0.15, -0.1) is 11.3 Å². The lowest BCUT2D eigenvalue weighted by atomic mass is 9.87. The number of rotatable bonds is 4. The smallest absolute Gasteiger partial charge is 0.224 e. The minimum Gasteiger partial charge on any atom is -0.326 e.